The van der Waals surface area contributed by atoms with E-state index in [0.717, 1.165) is 24.8 Å². The minimum absolute atomic E-state index is 0.0713. The first-order valence-corrected chi connectivity index (χ1v) is 6.84. The van der Waals surface area contributed by atoms with Crippen LogP contribution in [-0.2, 0) is 20.5 Å². The molecule has 1 aromatic rings. The smallest absolute Gasteiger partial charge is 0.243 e. The van der Waals surface area contributed by atoms with Gasteiger partial charge in [-0.25, -0.2) is 5.48 Å². The van der Waals surface area contributed by atoms with E-state index in [0.29, 0.717) is 19.6 Å². The Hall–Kier alpha value is -1.14. The maximum absolute atomic E-state index is 11.3. The molecule has 5 nitrogen and oxygen atoms in total. The number of hydroxylamine groups is 1. The molecule has 1 rings (SSSR count). The minimum Gasteiger partial charge on any atom is -0.330 e. The number of carbonyl (C=O) groups excluding carboxylic acids is 1. The fraction of sp³-hybridized carbons (Fsp3) is 0.500. The van der Waals surface area contributed by atoms with Gasteiger partial charge in [-0.1, -0.05) is 36.8 Å². The number of nitrogens with one attached hydrogen (secondary N) is 1. The quantitative estimate of drug-likeness (QED) is 0.572. The second kappa shape index (κ2) is 14.3. The molecule has 0 saturated heterocycles. The van der Waals surface area contributed by atoms with Crippen LogP contribution in [0.3, 0.4) is 0 Å². The maximum atomic E-state index is 11.3. The topological polar surface area (TPSA) is 73.6 Å². The van der Waals surface area contributed by atoms with Crippen LogP contribution in [-0.4, -0.2) is 19.6 Å². The molecule has 1 aromatic carbocycles. The van der Waals surface area contributed by atoms with Gasteiger partial charge in [0.05, 0.1) is 25.6 Å². The summed E-state index contributed by atoms with van der Waals surface area (Å²) in [5.74, 6) is -0.0713. The van der Waals surface area contributed by atoms with Crippen LogP contribution in [0, 0.1) is 0 Å². The van der Waals surface area contributed by atoms with Crippen molar-refractivity contribution in [1.82, 2.24) is 5.48 Å². The summed E-state index contributed by atoms with van der Waals surface area (Å²) >= 11 is 4.50. The van der Waals surface area contributed by atoms with Gasteiger partial charge in [0.1, 0.15) is 0 Å². The molecule has 0 aliphatic heterocycles. The van der Waals surface area contributed by atoms with Gasteiger partial charge in [0, 0.05) is 6.42 Å². The van der Waals surface area contributed by atoms with Crippen molar-refractivity contribution in [3.63, 3.8) is 0 Å². The standard InChI is InChI=1S/C13H20N2O2.CH3ClO/c14-10-6-2-5-9-13(16)15-17-11-12-7-3-1-4-8-12;1-3-2/h1,3-4,7-8H,2,5-6,9-11,14H2,(H,15,16);1H3. The van der Waals surface area contributed by atoms with E-state index in [2.05, 4.69) is 21.6 Å². The zero-order valence-electron chi connectivity index (χ0n) is 11.8. The molecule has 0 atom stereocenters. The molecule has 6 heteroatoms. The third-order valence-corrected chi connectivity index (χ3v) is 2.38. The molecule has 0 saturated carbocycles. The van der Waals surface area contributed by atoms with Crippen LogP contribution >= 0.6 is 11.9 Å². The van der Waals surface area contributed by atoms with Crippen molar-refractivity contribution in [1.29, 1.82) is 0 Å². The van der Waals surface area contributed by atoms with Crippen molar-refractivity contribution in [2.24, 2.45) is 5.73 Å². The van der Waals surface area contributed by atoms with Gasteiger partial charge in [0.15, 0.2) is 0 Å². The third kappa shape index (κ3) is 11.9. The van der Waals surface area contributed by atoms with Gasteiger partial charge in [0.2, 0.25) is 5.91 Å². The summed E-state index contributed by atoms with van der Waals surface area (Å²) in [6, 6.07) is 9.72. The van der Waals surface area contributed by atoms with Gasteiger partial charge in [-0.05, 0) is 24.9 Å². The van der Waals surface area contributed by atoms with Crippen LogP contribution in [0.15, 0.2) is 30.3 Å². The molecular weight excluding hydrogens is 280 g/mol. The lowest BCUT2D eigenvalue weighted by atomic mass is 10.2. The Morgan fingerprint density at radius 1 is 1.25 bits per heavy atom. The van der Waals surface area contributed by atoms with Crippen molar-refractivity contribution in [3.05, 3.63) is 35.9 Å². The van der Waals surface area contributed by atoms with E-state index < -0.39 is 0 Å². The lowest BCUT2D eigenvalue weighted by Gasteiger charge is -2.05. The fourth-order valence-corrected chi connectivity index (χ4v) is 1.43. The van der Waals surface area contributed by atoms with Crippen LogP contribution in [0.2, 0.25) is 0 Å². The number of nitrogens with two attached hydrogens (primary N) is 1. The average Bonchev–Trinajstić information content (AvgIpc) is 2.46. The first-order valence-electron chi connectivity index (χ1n) is 6.54. The number of hydrogen-bond donors (Lipinski definition) is 2. The molecule has 0 aliphatic rings. The van der Waals surface area contributed by atoms with Crippen LogP contribution in [0.4, 0.5) is 0 Å². The molecule has 0 bridgehead atoms. The molecular formula is C14H23ClN2O3. The van der Waals surface area contributed by atoms with Gasteiger partial charge in [-0.2, -0.15) is 0 Å². The van der Waals surface area contributed by atoms with Gasteiger partial charge in [0.25, 0.3) is 0 Å². The summed E-state index contributed by atoms with van der Waals surface area (Å²) in [7, 11) is 1.39. The summed E-state index contributed by atoms with van der Waals surface area (Å²) in [6.07, 6.45) is 3.31. The molecule has 0 unspecified atom stereocenters. The Balaban J connectivity index is 0.00000110. The van der Waals surface area contributed by atoms with Gasteiger partial charge >= 0.3 is 0 Å². The highest BCUT2D eigenvalue weighted by Crippen LogP contribution is 2.00. The van der Waals surface area contributed by atoms with Crippen LogP contribution in [0.25, 0.3) is 0 Å². The van der Waals surface area contributed by atoms with Gasteiger partial charge in [-0.15, -0.1) is 0 Å². The third-order valence-electron chi connectivity index (χ3n) is 2.38. The van der Waals surface area contributed by atoms with Gasteiger partial charge < -0.3 is 5.73 Å². The van der Waals surface area contributed by atoms with Crippen molar-refractivity contribution in [2.45, 2.75) is 32.3 Å². The van der Waals surface area contributed by atoms with Crippen molar-refractivity contribution in [2.75, 3.05) is 13.7 Å². The summed E-state index contributed by atoms with van der Waals surface area (Å²) in [4.78, 5) is 16.4. The van der Waals surface area contributed by atoms with E-state index in [1.54, 1.807) is 0 Å². The fourth-order valence-electron chi connectivity index (χ4n) is 1.43. The normalized spacial score (nSPS) is 9.55. The number of amides is 1. The van der Waals surface area contributed by atoms with E-state index in [4.69, 9.17) is 10.6 Å². The lowest BCUT2D eigenvalue weighted by Crippen LogP contribution is -2.23. The lowest BCUT2D eigenvalue weighted by molar-refractivity contribution is -0.134. The number of halogens is 1. The Kier molecular flexibility index (Phi) is 13.5. The molecule has 1 amide bonds. The second-order valence-corrected chi connectivity index (χ2v) is 4.36. The highest BCUT2D eigenvalue weighted by atomic mass is 35.5. The first kappa shape index (κ1) is 18.9. The van der Waals surface area contributed by atoms with E-state index >= 15 is 0 Å². The Morgan fingerprint density at radius 2 is 1.90 bits per heavy atom. The highest BCUT2D eigenvalue weighted by Gasteiger charge is 2.00. The minimum atomic E-state index is -0.0713. The molecule has 0 spiro atoms. The van der Waals surface area contributed by atoms with Gasteiger partial charge in [-0.3, -0.25) is 13.9 Å². The molecule has 0 aliphatic carbocycles. The van der Waals surface area contributed by atoms with Crippen LogP contribution in [0.5, 0.6) is 0 Å². The van der Waals surface area contributed by atoms with Crippen molar-refractivity contribution < 1.29 is 13.9 Å². The monoisotopic (exact) mass is 302 g/mol. The molecule has 114 valence electrons. The summed E-state index contributed by atoms with van der Waals surface area (Å²) in [5.41, 5.74) is 8.84. The molecule has 3 N–H and O–H groups in total. The summed E-state index contributed by atoms with van der Waals surface area (Å²) < 4.78 is 3.72. The Labute approximate surface area is 125 Å². The summed E-state index contributed by atoms with van der Waals surface area (Å²) in [5, 5.41) is 0. The predicted octanol–water partition coefficient (Wildman–Crippen LogP) is 2.54. The summed E-state index contributed by atoms with van der Waals surface area (Å²) in [6.45, 7) is 1.08. The number of rotatable bonds is 8. The zero-order chi connectivity index (χ0) is 15.1. The highest BCUT2D eigenvalue weighted by molar-refractivity contribution is 6.07. The number of carbonyl (C=O) groups is 1. The predicted molar refractivity (Wildman–Crippen MR) is 79.8 cm³/mol. The molecule has 0 fully saturated rings. The van der Waals surface area contributed by atoms with Crippen molar-refractivity contribution in [3.8, 4) is 0 Å². The van der Waals surface area contributed by atoms with Crippen LogP contribution < -0.4 is 11.2 Å². The van der Waals surface area contributed by atoms with E-state index in [-0.39, 0.29) is 5.91 Å². The SMILES string of the molecule is COCl.NCCCCCC(=O)NOCc1ccccc1. The van der Waals surface area contributed by atoms with Crippen LogP contribution in [0.1, 0.15) is 31.2 Å². The number of hydrogen-bond acceptors (Lipinski definition) is 4. The van der Waals surface area contributed by atoms with E-state index in [9.17, 15) is 4.79 Å². The largest absolute Gasteiger partial charge is 0.330 e. The zero-order valence-corrected chi connectivity index (χ0v) is 12.6. The van der Waals surface area contributed by atoms with E-state index in [1.165, 1.54) is 7.11 Å². The second-order valence-electron chi connectivity index (χ2n) is 4.05. The maximum Gasteiger partial charge on any atom is 0.243 e. The number of benzene rings is 1. The first-order chi connectivity index (χ1) is 9.74. The average molecular weight is 303 g/mol. The molecule has 0 aromatic heterocycles. The Bertz CT molecular complexity index is 336. The molecule has 20 heavy (non-hydrogen) atoms. The Morgan fingerprint density at radius 3 is 2.50 bits per heavy atom. The molecule has 0 radical (unpaired) electrons. The number of unbranched alkanes of at least 4 members (excludes halogenated alkanes) is 2. The van der Waals surface area contributed by atoms with E-state index in [1.807, 2.05) is 30.3 Å². The van der Waals surface area contributed by atoms with Crippen molar-refractivity contribution >= 4 is 17.8 Å². The molecule has 0 heterocycles.